The SMILES string of the molecule is Fc1ccc(CCNc2ncnc3[nH]cnc23)cc1. The van der Waals surface area contributed by atoms with Crippen LogP contribution in [0.2, 0.25) is 0 Å². The number of halogens is 1. The Bertz CT molecular complexity index is 677. The molecule has 0 bridgehead atoms. The molecule has 6 heteroatoms. The molecule has 2 N–H and O–H groups in total. The van der Waals surface area contributed by atoms with Crippen LogP contribution in [0.15, 0.2) is 36.9 Å². The second kappa shape index (κ2) is 5.01. The highest BCUT2D eigenvalue weighted by atomic mass is 19.1. The number of imidazole rings is 1. The number of aromatic amines is 1. The van der Waals surface area contributed by atoms with E-state index in [9.17, 15) is 4.39 Å². The number of fused-ring (bicyclic) bond motifs is 1. The van der Waals surface area contributed by atoms with Crippen molar-refractivity contribution < 1.29 is 4.39 Å². The maximum Gasteiger partial charge on any atom is 0.162 e. The molecule has 0 radical (unpaired) electrons. The summed E-state index contributed by atoms with van der Waals surface area (Å²) in [5, 5.41) is 3.21. The van der Waals surface area contributed by atoms with Gasteiger partial charge in [-0.15, -0.1) is 0 Å². The van der Waals surface area contributed by atoms with Crippen molar-refractivity contribution in [2.45, 2.75) is 6.42 Å². The van der Waals surface area contributed by atoms with Crippen molar-refractivity contribution in [3.63, 3.8) is 0 Å². The number of rotatable bonds is 4. The highest BCUT2D eigenvalue weighted by Gasteiger charge is 2.04. The monoisotopic (exact) mass is 257 g/mol. The number of hydrogen-bond donors (Lipinski definition) is 2. The lowest BCUT2D eigenvalue weighted by molar-refractivity contribution is 0.627. The lowest BCUT2D eigenvalue weighted by atomic mass is 10.1. The van der Waals surface area contributed by atoms with Gasteiger partial charge in [0, 0.05) is 6.54 Å². The summed E-state index contributed by atoms with van der Waals surface area (Å²) in [5.41, 5.74) is 2.50. The van der Waals surface area contributed by atoms with Gasteiger partial charge < -0.3 is 10.3 Å². The van der Waals surface area contributed by atoms with Crippen molar-refractivity contribution in [2.75, 3.05) is 11.9 Å². The predicted molar refractivity (Wildman–Crippen MR) is 70.3 cm³/mol. The molecule has 0 spiro atoms. The van der Waals surface area contributed by atoms with E-state index in [1.165, 1.54) is 18.5 Å². The maximum atomic E-state index is 12.8. The summed E-state index contributed by atoms with van der Waals surface area (Å²) in [5.74, 6) is 0.485. The molecule has 19 heavy (non-hydrogen) atoms. The molecule has 96 valence electrons. The molecule has 2 aromatic heterocycles. The highest BCUT2D eigenvalue weighted by molar-refractivity contribution is 5.81. The fourth-order valence-corrected chi connectivity index (χ4v) is 1.87. The van der Waals surface area contributed by atoms with E-state index in [1.54, 1.807) is 18.5 Å². The van der Waals surface area contributed by atoms with E-state index in [0.29, 0.717) is 18.0 Å². The number of aromatic nitrogens is 4. The van der Waals surface area contributed by atoms with E-state index in [-0.39, 0.29) is 5.82 Å². The van der Waals surface area contributed by atoms with Gasteiger partial charge in [0.1, 0.15) is 17.7 Å². The molecule has 0 aliphatic carbocycles. The summed E-state index contributed by atoms with van der Waals surface area (Å²) in [6, 6.07) is 6.49. The lowest BCUT2D eigenvalue weighted by Gasteiger charge is -2.05. The fourth-order valence-electron chi connectivity index (χ4n) is 1.87. The first-order valence-corrected chi connectivity index (χ1v) is 5.95. The van der Waals surface area contributed by atoms with Crippen LogP contribution in [0.5, 0.6) is 0 Å². The largest absolute Gasteiger partial charge is 0.368 e. The van der Waals surface area contributed by atoms with Gasteiger partial charge >= 0.3 is 0 Å². The first-order chi connectivity index (χ1) is 9.33. The molecule has 0 amide bonds. The zero-order chi connectivity index (χ0) is 13.1. The van der Waals surface area contributed by atoms with Gasteiger partial charge in [0.05, 0.1) is 6.33 Å². The van der Waals surface area contributed by atoms with Crippen molar-refractivity contribution >= 4 is 17.0 Å². The molecule has 3 aromatic rings. The third kappa shape index (κ3) is 2.52. The maximum absolute atomic E-state index is 12.8. The van der Waals surface area contributed by atoms with E-state index < -0.39 is 0 Å². The van der Waals surface area contributed by atoms with E-state index in [0.717, 1.165) is 17.5 Å². The fraction of sp³-hybridized carbons (Fsp3) is 0.154. The van der Waals surface area contributed by atoms with Crippen LogP contribution < -0.4 is 5.32 Å². The molecule has 0 saturated carbocycles. The minimum Gasteiger partial charge on any atom is -0.368 e. The molecule has 0 atom stereocenters. The van der Waals surface area contributed by atoms with Crippen LogP contribution in [0, 0.1) is 5.82 Å². The average Bonchev–Trinajstić information content (AvgIpc) is 2.90. The predicted octanol–water partition coefficient (Wildman–Crippen LogP) is 2.15. The molecule has 1 aromatic carbocycles. The van der Waals surface area contributed by atoms with Gasteiger partial charge in [0.2, 0.25) is 0 Å². The Balaban J connectivity index is 1.66. The van der Waals surface area contributed by atoms with Crippen molar-refractivity contribution in [3.05, 3.63) is 48.3 Å². The molecule has 5 nitrogen and oxygen atoms in total. The van der Waals surface area contributed by atoms with Gasteiger partial charge in [0.25, 0.3) is 0 Å². The minimum absolute atomic E-state index is 0.217. The molecule has 0 unspecified atom stereocenters. The number of anilines is 1. The number of benzene rings is 1. The van der Waals surface area contributed by atoms with E-state index in [2.05, 4.69) is 25.3 Å². The molecule has 0 saturated heterocycles. The van der Waals surface area contributed by atoms with Gasteiger partial charge in [-0.1, -0.05) is 12.1 Å². The van der Waals surface area contributed by atoms with E-state index in [1.807, 2.05) is 0 Å². The number of nitrogens with zero attached hydrogens (tertiary/aromatic N) is 3. The van der Waals surface area contributed by atoms with Gasteiger partial charge in [0.15, 0.2) is 11.5 Å². The first kappa shape index (κ1) is 11.6. The molecule has 0 aliphatic rings. The van der Waals surface area contributed by atoms with Gasteiger partial charge in [-0.05, 0) is 24.1 Å². The number of nitrogens with one attached hydrogen (secondary N) is 2. The van der Waals surface area contributed by atoms with Crippen molar-refractivity contribution in [1.82, 2.24) is 19.9 Å². The molecule has 0 aliphatic heterocycles. The molecular formula is C13H12FN5. The van der Waals surface area contributed by atoms with Crippen LogP contribution in [0.1, 0.15) is 5.56 Å². The standard InChI is InChI=1S/C13H12FN5/c14-10-3-1-9(2-4-10)5-6-15-12-11-13(17-7-16-11)19-8-18-12/h1-4,7-8H,5-6H2,(H2,15,16,17,18,19). The number of hydrogen-bond acceptors (Lipinski definition) is 4. The Morgan fingerprint density at radius 2 is 1.95 bits per heavy atom. The van der Waals surface area contributed by atoms with E-state index >= 15 is 0 Å². The summed E-state index contributed by atoms with van der Waals surface area (Å²) in [6.45, 7) is 0.699. The molecule has 3 rings (SSSR count). The van der Waals surface area contributed by atoms with Crippen molar-refractivity contribution in [1.29, 1.82) is 0 Å². The summed E-state index contributed by atoms with van der Waals surface area (Å²) in [7, 11) is 0. The smallest absolute Gasteiger partial charge is 0.162 e. The zero-order valence-electron chi connectivity index (χ0n) is 10.1. The third-order valence-electron chi connectivity index (χ3n) is 2.84. The quantitative estimate of drug-likeness (QED) is 0.751. The minimum atomic E-state index is -0.217. The number of H-pyrrole nitrogens is 1. The van der Waals surface area contributed by atoms with Gasteiger partial charge in [-0.2, -0.15) is 0 Å². The zero-order valence-corrected chi connectivity index (χ0v) is 10.1. The molecule has 0 fully saturated rings. The Hall–Kier alpha value is -2.50. The average molecular weight is 257 g/mol. The highest BCUT2D eigenvalue weighted by Crippen LogP contribution is 2.14. The second-order valence-corrected chi connectivity index (χ2v) is 4.13. The van der Waals surface area contributed by atoms with Crippen molar-refractivity contribution in [3.8, 4) is 0 Å². The molecule has 2 heterocycles. The Kier molecular flexibility index (Phi) is 3.06. The van der Waals surface area contributed by atoms with Crippen LogP contribution in [0.3, 0.4) is 0 Å². The van der Waals surface area contributed by atoms with Crippen LogP contribution in [-0.4, -0.2) is 26.5 Å². The van der Waals surface area contributed by atoms with Gasteiger partial charge in [-0.3, -0.25) is 0 Å². The van der Waals surface area contributed by atoms with Crippen LogP contribution in [0.4, 0.5) is 10.2 Å². The normalized spacial score (nSPS) is 10.8. The Labute approximate surface area is 108 Å². The van der Waals surface area contributed by atoms with Crippen LogP contribution >= 0.6 is 0 Å². The summed E-state index contributed by atoms with van der Waals surface area (Å²) in [4.78, 5) is 15.3. The third-order valence-corrected chi connectivity index (χ3v) is 2.84. The first-order valence-electron chi connectivity index (χ1n) is 5.95. The summed E-state index contributed by atoms with van der Waals surface area (Å²) in [6.07, 6.45) is 3.86. The Morgan fingerprint density at radius 1 is 1.11 bits per heavy atom. The van der Waals surface area contributed by atoms with Crippen LogP contribution in [-0.2, 0) is 6.42 Å². The lowest BCUT2D eigenvalue weighted by Crippen LogP contribution is -2.07. The van der Waals surface area contributed by atoms with E-state index in [4.69, 9.17) is 0 Å². The summed E-state index contributed by atoms with van der Waals surface area (Å²) >= 11 is 0. The Morgan fingerprint density at radius 3 is 2.79 bits per heavy atom. The topological polar surface area (TPSA) is 66.5 Å². The van der Waals surface area contributed by atoms with Crippen LogP contribution in [0.25, 0.3) is 11.2 Å². The van der Waals surface area contributed by atoms with Crippen molar-refractivity contribution in [2.24, 2.45) is 0 Å². The molecular weight excluding hydrogens is 245 g/mol. The second-order valence-electron chi connectivity index (χ2n) is 4.13. The summed E-state index contributed by atoms with van der Waals surface area (Å²) < 4.78 is 12.8. The van der Waals surface area contributed by atoms with Gasteiger partial charge in [-0.25, -0.2) is 19.3 Å².